The van der Waals surface area contributed by atoms with Crippen LogP contribution in [0.2, 0.25) is 5.02 Å². The third kappa shape index (κ3) is 1.43. The normalized spacial score (nSPS) is 19.6. The largest absolute Gasteiger partial charge is 0.377 e. The number of benzene rings is 1. The zero-order valence-electron chi connectivity index (χ0n) is 6.89. The standard InChI is InChI=1S/C9H9ClFNO/c10-6-1-2-7(8(11)3-6)9(12)4-13-5-9/h1-3H,4-5,12H2. The molecular formula is C9H9ClFNO. The van der Waals surface area contributed by atoms with Crippen LogP contribution in [0.3, 0.4) is 0 Å². The molecule has 0 unspecified atom stereocenters. The van der Waals surface area contributed by atoms with Crippen molar-refractivity contribution >= 4 is 11.6 Å². The zero-order valence-corrected chi connectivity index (χ0v) is 7.64. The lowest BCUT2D eigenvalue weighted by Crippen LogP contribution is -2.54. The minimum absolute atomic E-state index is 0.363. The average molecular weight is 202 g/mol. The minimum atomic E-state index is -0.658. The molecule has 0 atom stereocenters. The molecule has 0 saturated carbocycles. The third-order valence-corrected chi connectivity index (χ3v) is 2.42. The lowest BCUT2D eigenvalue weighted by atomic mass is 9.89. The highest BCUT2D eigenvalue weighted by molar-refractivity contribution is 6.30. The third-order valence-electron chi connectivity index (χ3n) is 2.19. The Kier molecular flexibility index (Phi) is 2.02. The molecule has 1 heterocycles. The van der Waals surface area contributed by atoms with Crippen molar-refractivity contribution in [3.63, 3.8) is 0 Å². The quantitative estimate of drug-likeness (QED) is 0.750. The van der Waals surface area contributed by atoms with Crippen LogP contribution < -0.4 is 5.73 Å². The van der Waals surface area contributed by atoms with Gasteiger partial charge >= 0.3 is 0 Å². The lowest BCUT2D eigenvalue weighted by molar-refractivity contribution is -0.0585. The predicted molar refractivity (Wildman–Crippen MR) is 48.1 cm³/mol. The van der Waals surface area contributed by atoms with Gasteiger partial charge in [-0.15, -0.1) is 0 Å². The van der Waals surface area contributed by atoms with Crippen molar-refractivity contribution in [2.24, 2.45) is 5.73 Å². The van der Waals surface area contributed by atoms with Crippen molar-refractivity contribution in [3.05, 3.63) is 34.6 Å². The van der Waals surface area contributed by atoms with E-state index < -0.39 is 5.54 Å². The van der Waals surface area contributed by atoms with E-state index in [1.807, 2.05) is 0 Å². The van der Waals surface area contributed by atoms with Crippen LogP contribution in [0.4, 0.5) is 4.39 Å². The molecule has 1 aliphatic rings. The van der Waals surface area contributed by atoms with Gasteiger partial charge in [0.25, 0.3) is 0 Å². The van der Waals surface area contributed by atoms with Crippen molar-refractivity contribution in [2.45, 2.75) is 5.54 Å². The molecule has 1 aliphatic heterocycles. The highest BCUT2D eigenvalue weighted by atomic mass is 35.5. The molecule has 4 heteroatoms. The molecular weight excluding hydrogens is 193 g/mol. The Hall–Kier alpha value is -0.640. The van der Waals surface area contributed by atoms with Crippen LogP contribution >= 0.6 is 11.6 Å². The van der Waals surface area contributed by atoms with Gasteiger partial charge in [-0.1, -0.05) is 17.7 Å². The first kappa shape index (κ1) is 8.94. The number of hydrogen-bond donors (Lipinski definition) is 1. The van der Waals surface area contributed by atoms with Gasteiger partial charge in [-0.3, -0.25) is 0 Å². The van der Waals surface area contributed by atoms with Gasteiger partial charge in [-0.25, -0.2) is 4.39 Å². The second-order valence-corrected chi connectivity index (χ2v) is 3.71. The fourth-order valence-corrected chi connectivity index (χ4v) is 1.53. The molecule has 2 N–H and O–H groups in total. The van der Waals surface area contributed by atoms with E-state index in [4.69, 9.17) is 22.1 Å². The second kappa shape index (κ2) is 2.94. The summed E-state index contributed by atoms with van der Waals surface area (Å²) in [6.45, 7) is 0.733. The van der Waals surface area contributed by atoms with Crippen molar-refractivity contribution in [1.82, 2.24) is 0 Å². The van der Waals surface area contributed by atoms with E-state index in [2.05, 4.69) is 0 Å². The summed E-state index contributed by atoms with van der Waals surface area (Å²) in [4.78, 5) is 0. The number of nitrogens with two attached hydrogens (primary N) is 1. The van der Waals surface area contributed by atoms with Crippen LogP contribution in [0, 0.1) is 5.82 Å². The molecule has 0 spiro atoms. The van der Waals surface area contributed by atoms with E-state index in [1.54, 1.807) is 12.1 Å². The van der Waals surface area contributed by atoms with E-state index in [0.717, 1.165) is 0 Å². The number of rotatable bonds is 1. The number of hydrogen-bond acceptors (Lipinski definition) is 2. The summed E-state index contributed by atoms with van der Waals surface area (Å²) in [5, 5.41) is 0.380. The minimum Gasteiger partial charge on any atom is -0.377 e. The Morgan fingerprint density at radius 3 is 2.62 bits per heavy atom. The zero-order chi connectivity index (χ0) is 9.47. The maximum atomic E-state index is 13.3. The molecule has 13 heavy (non-hydrogen) atoms. The van der Waals surface area contributed by atoms with Gasteiger partial charge in [0.15, 0.2) is 0 Å². The van der Waals surface area contributed by atoms with Crippen LogP contribution in [-0.2, 0) is 10.3 Å². The summed E-state index contributed by atoms with van der Waals surface area (Å²) >= 11 is 5.62. The van der Waals surface area contributed by atoms with Crippen molar-refractivity contribution < 1.29 is 9.13 Å². The topological polar surface area (TPSA) is 35.2 Å². The molecule has 1 aromatic carbocycles. The Bertz CT molecular complexity index is 338. The average Bonchev–Trinajstić information content (AvgIpc) is 2.00. The molecule has 1 aromatic rings. The Morgan fingerprint density at radius 2 is 2.15 bits per heavy atom. The number of ether oxygens (including phenoxy) is 1. The van der Waals surface area contributed by atoms with Crippen LogP contribution in [0.5, 0.6) is 0 Å². The highest BCUT2D eigenvalue weighted by Gasteiger charge is 2.38. The van der Waals surface area contributed by atoms with Gasteiger partial charge in [0.1, 0.15) is 5.82 Å². The van der Waals surface area contributed by atoms with E-state index in [9.17, 15) is 4.39 Å². The van der Waals surface area contributed by atoms with Gasteiger partial charge in [0.05, 0.1) is 18.8 Å². The van der Waals surface area contributed by atoms with Crippen LogP contribution in [-0.4, -0.2) is 13.2 Å². The fourth-order valence-electron chi connectivity index (χ4n) is 1.37. The summed E-state index contributed by atoms with van der Waals surface area (Å²) < 4.78 is 18.3. The van der Waals surface area contributed by atoms with E-state index in [-0.39, 0.29) is 5.82 Å². The second-order valence-electron chi connectivity index (χ2n) is 3.27. The first-order chi connectivity index (χ1) is 6.12. The van der Waals surface area contributed by atoms with Crippen LogP contribution in [0.15, 0.2) is 18.2 Å². The fraction of sp³-hybridized carbons (Fsp3) is 0.333. The van der Waals surface area contributed by atoms with Crippen LogP contribution in [0.1, 0.15) is 5.56 Å². The lowest BCUT2D eigenvalue weighted by Gasteiger charge is -2.38. The summed E-state index contributed by atoms with van der Waals surface area (Å²) in [6.07, 6.45) is 0. The maximum Gasteiger partial charge on any atom is 0.129 e. The monoisotopic (exact) mass is 201 g/mol. The summed E-state index contributed by atoms with van der Waals surface area (Å²) in [5.41, 5.74) is 5.68. The highest BCUT2D eigenvalue weighted by Crippen LogP contribution is 2.29. The van der Waals surface area contributed by atoms with E-state index in [1.165, 1.54) is 6.07 Å². The van der Waals surface area contributed by atoms with Gasteiger partial charge < -0.3 is 10.5 Å². The van der Waals surface area contributed by atoms with Gasteiger partial charge in [-0.05, 0) is 12.1 Å². The molecule has 1 saturated heterocycles. The van der Waals surface area contributed by atoms with Gasteiger partial charge in [-0.2, -0.15) is 0 Å². The molecule has 2 nitrogen and oxygen atoms in total. The first-order valence-corrected chi connectivity index (χ1v) is 4.32. The predicted octanol–water partition coefficient (Wildman–Crippen LogP) is 1.66. The number of halogens is 2. The summed E-state index contributed by atoms with van der Waals surface area (Å²) in [5.74, 6) is -0.363. The Balaban J connectivity index is 2.40. The Morgan fingerprint density at radius 1 is 1.46 bits per heavy atom. The molecule has 0 radical (unpaired) electrons. The van der Waals surface area contributed by atoms with Gasteiger partial charge in [0, 0.05) is 10.6 Å². The van der Waals surface area contributed by atoms with Crippen LogP contribution in [0.25, 0.3) is 0 Å². The SMILES string of the molecule is NC1(c2ccc(Cl)cc2F)COC1. The summed E-state index contributed by atoms with van der Waals surface area (Å²) in [7, 11) is 0. The van der Waals surface area contributed by atoms with Crippen molar-refractivity contribution in [3.8, 4) is 0 Å². The molecule has 70 valence electrons. The molecule has 0 aromatic heterocycles. The van der Waals surface area contributed by atoms with Gasteiger partial charge in [0.2, 0.25) is 0 Å². The molecule has 1 fully saturated rings. The molecule has 2 rings (SSSR count). The van der Waals surface area contributed by atoms with Crippen molar-refractivity contribution in [2.75, 3.05) is 13.2 Å². The molecule has 0 aliphatic carbocycles. The smallest absolute Gasteiger partial charge is 0.129 e. The molecule has 0 bridgehead atoms. The molecule has 0 amide bonds. The van der Waals surface area contributed by atoms with Crippen molar-refractivity contribution in [1.29, 1.82) is 0 Å². The summed E-state index contributed by atoms with van der Waals surface area (Å²) in [6, 6.07) is 4.51. The maximum absolute atomic E-state index is 13.3. The van der Waals surface area contributed by atoms with E-state index >= 15 is 0 Å². The Labute approximate surface area is 80.4 Å². The first-order valence-electron chi connectivity index (χ1n) is 3.94. The van der Waals surface area contributed by atoms with E-state index in [0.29, 0.717) is 23.8 Å².